The number of carbonyl (C=O) groups excluding carboxylic acids is 1. The van der Waals surface area contributed by atoms with Crippen molar-refractivity contribution < 1.29 is 14.0 Å². The molecule has 0 atom stereocenters. The molecule has 0 aliphatic carbocycles. The Hall–Kier alpha value is -1.36. The molecule has 5 heteroatoms. The van der Waals surface area contributed by atoms with Gasteiger partial charge in [0.15, 0.2) is 12.1 Å². The lowest BCUT2D eigenvalue weighted by molar-refractivity contribution is 0.0360. The molecule has 0 radical (unpaired) electrons. The van der Waals surface area contributed by atoms with Crippen LogP contribution < -0.4 is 5.48 Å². The first-order valence-electron chi connectivity index (χ1n) is 3.15. The van der Waals surface area contributed by atoms with Gasteiger partial charge in [-0.05, 0) is 6.92 Å². The highest BCUT2D eigenvalue weighted by Crippen LogP contribution is 1.92. The lowest BCUT2D eigenvalue weighted by Crippen LogP contribution is -2.23. The standard InChI is InChI=1S/C6H8N2O3/c1-2-11-8-6(9)5-3-10-4-7-5/h3-4H,2H2,1H3,(H,8,9). The van der Waals surface area contributed by atoms with Gasteiger partial charge in [0.25, 0.3) is 5.91 Å². The van der Waals surface area contributed by atoms with E-state index in [0.717, 1.165) is 0 Å². The maximum Gasteiger partial charge on any atom is 0.296 e. The van der Waals surface area contributed by atoms with E-state index in [1.54, 1.807) is 6.92 Å². The molecule has 0 spiro atoms. The summed E-state index contributed by atoms with van der Waals surface area (Å²) in [6.07, 6.45) is 2.43. The minimum Gasteiger partial charge on any atom is -0.451 e. The van der Waals surface area contributed by atoms with Gasteiger partial charge in [-0.3, -0.25) is 9.63 Å². The molecule has 1 amide bonds. The number of nitrogens with one attached hydrogen (secondary N) is 1. The van der Waals surface area contributed by atoms with Gasteiger partial charge in [-0.15, -0.1) is 0 Å². The molecule has 0 unspecified atom stereocenters. The fourth-order valence-corrected chi connectivity index (χ4v) is 0.515. The normalized spacial score (nSPS) is 9.55. The zero-order valence-electron chi connectivity index (χ0n) is 6.03. The molecule has 0 aliphatic rings. The Labute approximate surface area is 63.3 Å². The fourth-order valence-electron chi connectivity index (χ4n) is 0.515. The Bertz CT molecular complexity index is 220. The van der Waals surface area contributed by atoms with E-state index in [2.05, 4.69) is 19.7 Å². The molecule has 0 bridgehead atoms. The molecule has 0 fully saturated rings. The number of carbonyl (C=O) groups is 1. The monoisotopic (exact) mass is 156 g/mol. The summed E-state index contributed by atoms with van der Waals surface area (Å²) in [4.78, 5) is 19.2. The Balaban J connectivity index is 2.43. The van der Waals surface area contributed by atoms with Crippen molar-refractivity contribution in [1.29, 1.82) is 0 Å². The zero-order chi connectivity index (χ0) is 8.10. The zero-order valence-corrected chi connectivity index (χ0v) is 6.03. The van der Waals surface area contributed by atoms with Crippen LogP contribution in [0, 0.1) is 0 Å². The molecule has 5 nitrogen and oxygen atoms in total. The average Bonchev–Trinajstić information content (AvgIpc) is 2.52. The third-order valence-corrected chi connectivity index (χ3v) is 0.974. The predicted octanol–water partition coefficient (Wildman–Crippen LogP) is 0.356. The molecule has 0 aromatic carbocycles. The van der Waals surface area contributed by atoms with Gasteiger partial charge in [-0.1, -0.05) is 0 Å². The molecule has 0 saturated heterocycles. The highest BCUT2D eigenvalue weighted by Gasteiger charge is 2.06. The molecule has 60 valence electrons. The van der Waals surface area contributed by atoms with Crippen molar-refractivity contribution in [1.82, 2.24) is 10.5 Å². The summed E-state index contributed by atoms with van der Waals surface area (Å²) in [6.45, 7) is 2.19. The summed E-state index contributed by atoms with van der Waals surface area (Å²) in [5.41, 5.74) is 2.38. The van der Waals surface area contributed by atoms with Gasteiger partial charge in [0.1, 0.15) is 6.26 Å². The topological polar surface area (TPSA) is 64.4 Å². The summed E-state index contributed by atoms with van der Waals surface area (Å²) in [5, 5.41) is 0. The van der Waals surface area contributed by atoms with Crippen LogP contribution >= 0.6 is 0 Å². The Morgan fingerprint density at radius 2 is 2.73 bits per heavy atom. The van der Waals surface area contributed by atoms with Gasteiger partial charge in [-0.25, -0.2) is 10.5 Å². The number of rotatable bonds is 3. The molecular formula is C6H8N2O3. The van der Waals surface area contributed by atoms with Gasteiger partial charge in [0, 0.05) is 0 Å². The second-order valence-corrected chi connectivity index (χ2v) is 1.74. The Morgan fingerprint density at radius 3 is 3.27 bits per heavy atom. The number of nitrogens with zero attached hydrogens (tertiary/aromatic N) is 1. The number of hydroxylamine groups is 1. The minimum atomic E-state index is -0.402. The largest absolute Gasteiger partial charge is 0.451 e. The summed E-state index contributed by atoms with van der Waals surface area (Å²) >= 11 is 0. The van der Waals surface area contributed by atoms with Gasteiger partial charge in [0.05, 0.1) is 6.61 Å². The SMILES string of the molecule is CCONC(=O)c1cocn1. The van der Waals surface area contributed by atoms with E-state index in [-0.39, 0.29) is 5.69 Å². The van der Waals surface area contributed by atoms with E-state index in [0.29, 0.717) is 6.61 Å². The summed E-state index contributed by atoms with van der Waals surface area (Å²) < 4.78 is 4.59. The minimum absolute atomic E-state index is 0.207. The van der Waals surface area contributed by atoms with Crippen molar-refractivity contribution in [3.8, 4) is 0 Å². The third kappa shape index (κ3) is 2.05. The van der Waals surface area contributed by atoms with Crippen molar-refractivity contribution in [2.75, 3.05) is 6.61 Å². The molecule has 11 heavy (non-hydrogen) atoms. The van der Waals surface area contributed by atoms with Gasteiger partial charge >= 0.3 is 0 Å². The summed E-state index contributed by atoms with van der Waals surface area (Å²) in [6, 6.07) is 0. The van der Waals surface area contributed by atoms with Crippen molar-refractivity contribution >= 4 is 5.91 Å². The Kier molecular flexibility index (Phi) is 2.62. The second-order valence-electron chi connectivity index (χ2n) is 1.74. The van der Waals surface area contributed by atoms with Crippen LogP contribution in [0.3, 0.4) is 0 Å². The molecule has 0 aliphatic heterocycles. The van der Waals surface area contributed by atoms with E-state index in [9.17, 15) is 4.79 Å². The number of oxazole rings is 1. The second kappa shape index (κ2) is 3.72. The third-order valence-electron chi connectivity index (χ3n) is 0.974. The van der Waals surface area contributed by atoms with E-state index >= 15 is 0 Å². The van der Waals surface area contributed by atoms with Crippen LogP contribution in [0.1, 0.15) is 17.4 Å². The summed E-state index contributed by atoms with van der Waals surface area (Å²) in [7, 11) is 0. The summed E-state index contributed by atoms with van der Waals surface area (Å²) in [5.74, 6) is -0.402. The van der Waals surface area contributed by atoms with Crippen LogP contribution in [0.25, 0.3) is 0 Å². The molecule has 1 aromatic rings. The highest BCUT2D eigenvalue weighted by molar-refractivity contribution is 5.90. The molecule has 1 aromatic heterocycles. The van der Waals surface area contributed by atoms with Crippen LogP contribution in [0.15, 0.2) is 17.1 Å². The number of hydrogen-bond acceptors (Lipinski definition) is 4. The first-order chi connectivity index (χ1) is 5.34. The van der Waals surface area contributed by atoms with E-state index in [1.807, 2.05) is 0 Å². The van der Waals surface area contributed by atoms with Crippen molar-refractivity contribution in [2.24, 2.45) is 0 Å². The maximum atomic E-state index is 10.9. The van der Waals surface area contributed by atoms with Gasteiger partial charge in [-0.2, -0.15) is 0 Å². The van der Waals surface area contributed by atoms with E-state index in [1.165, 1.54) is 12.7 Å². The molecule has 0 saturated carbocycles. The molecule has 1 heterocycles. The predicted molar refractivity (Wildman–Crippen MR) is 35.6 cm³/mol. The van der Waals surface area contributed by atoms with Crippen LogP contribution in [-0.2, 0) is 4.84 Å². The van der Waals surface area contributed by atoms with E-state index < -0.39 is 5.91 Å². The van der Waals surface area contributed by atoms with Gasteiger partial charge in [0.2, 0.25) is 0 Å². The number of amides is 1. The van der Waals surface area contributed by atoms with Crippen molar-refractivity contribution in [3.05, 3.63) is 18.4 Å². The Morgan fingerprint density at radius 1 is 1.91 bits per heavy atom. The van der Waals surface area contributed by atoms with Crippen LogP contribution in [0.2, 0.25) is 0 Å². The van der Waals surface area contributed by atoms with Crippen molar-refractivity contribution in [2.45, 2.75) is 6.92 Å². The molecule has 1 rings (SSSR count). The fraction of sp³-hybridized carbons (Fsp3) is 0.333. The molecule has 1 N–H and O–H groups in total. The number of hydrogen-bond donors (Lipinski definition) is 1. The highest BCUT2D eigenvalue weighted by atomic mass is 16.6. The van der Waals surface area contributed by atoms with Crippen LogP contribution in [0.5, 0.6) is 0 Å². The van der Waals surface area contributed by atoms with Gasteiger partial charge < -0.3 is 4.42 Å². The first-order valence-corrected chi connectivity index (χ1v) is 3.15. The maximum absolute atomic E-state index is 10.9. The molecular weight excluding hydrogens is 148 g/mol. The van der Waals surface area contributed by atoms with Crippen LogP contribution in [0.4, 0.5) is 0 Å². The number of aromatic nitrogens is 1. The van der Waals surface area contributed by atoms with Crippen LogP contribution in [-0.4, -0.2) is 17.5 Å². The average molecular weight is 156 g/mol. The lowest BCUT2D eigenvalue weighted by Gasteiger charge is -1.98. The lowest BCUT2D eigenvalue weighted by atomic mass is 10.5. The van der Waals surface area contributed by atoms with E-state index in [4.69, 9.17) is 0 Å². The van der Waals surface area contributed by atoms with Crippen molar-refractivity contribution in [3.63, 3.8) is 0 Å². The quantitative estimate of drug-likeness (QED) is 0.641. The smallest absolute Gasteiger partial charge is 0.296 e. The first kappa shape index (κ1) is 7.74.